The van der Waals surface area contributed by atoms with Crippen LogP contribution in [0.1, 0.15) is 22.3 Å². The molecule has 0 atom stereocenters. The molecule has 0 saturated heterocycles. The first kappa shape index (κ1) is 18.8. The molecule has 0 bridgehead atoms. The van der Waals surface area contributed by atoms with Gasteiger partial charge in [0.15, 0.2) is 0 Å². The molecule has 0 fully saturated rings. The average Bonchev–Trinajstić information content (AvgIpc) is 2.84. The van der Waals surface area contributed by atoms with E-state index in [0.717, 1.165) is 27.8 Å². The van der Waals surface area contributed by atoms with E-state index < -0.39 is 5.54 Å². The molecule has 0 saturated carbocycles. The van der Waals surface area contributed by atoms with Gasteiger partial charge in [0.05, 0.1) is 4.92 Å². The number of rotatable bonds is 4. The van der Waals surface area contributed by atoms with E-state index in [1.54, 1.807) is 12.1 Å². The third-order valence-corrected chi connectivity index (χ3v) is 5.76. The highest BCUT2D eigenvalue weighted by Crippen LogP contribution is 2.48. The van der Waals surface area contributed by atoms with Crippen LogP contribution in [0.25, 0.3) is 5.57 Å². The maximum absolute atomic E-state index is 11.9. The molecule has 0 aliphatic carbocycles. The Balaban J connectivity index is 1.87. The van der Waals surface area contributed by atoms with Crippen LogP contribution in [0.15, 0.2) is 115 Å². The van der Waals surface area contributed by atoms with E-state index in [0.29, 0.717) is 5.69 Å². The Labute approximate surface area is 180 Å². The Hall–Kier alpha value is -4.18. The summed E-state index contributed by atoms with van der Waals surface area (Å²) in [6.07, 6.45) is 2.19. The molecule has 150 valence electrons. The van der Waals surface area contributed by atoms with Crippen LogP contribution in [0.5, 0.6) is 0 Å². The van der Waals surface area contributed by atoms with Gasteiger partial charge in [0.2, 0.25) is 0 Å². The molecule has 5 rings (SSSR count). The number of nitro benzene ring substituents is 1. The number of nitrogens with one attached hydrogen (secondary N) is 1. The summed E-state index contributed by atoms with van der Waals surface area (Å²) in [5.74, 6) is 0. The number of hydrogen-bond acceptors (Lipinski definition) is 3. The van der Waals surface area contributed by atoms with E-state index in [4.69, 9.17) is 0 Å². The van der Waals surface area contributed by atoms with Gasteiger partial charge in [-0.25, -0.2) is 0 Å². The fraction of sp³-hybridized carbons (Fsp3) is 0.0370. The van der Waals surface area contributed by atoms with Gasteiger partial charge in [-0.05, 0) is 28.3 Å². The summed E-state index contributed by atoms with van der Waals surface area (Å²) in [6, 6.07) is 35.4. The minimum Gasteiger partial charge on any atom is -0.362 e. The Morgan fingerprint density at radius 3 is 1.77 bits per heavy atom. The molecule has 4 heteroatoms. The number of para-hydroxylation sites is 1. The Morgan fingerprint density at radius 2 is 1.23 bits per heavy atom. The van der Waals surface area contributed by atoms with Crippen molar-refractivity contribution in [3.63, 3.8) is 0 Å². The minimum atomic E-state index is -0.757. The standard InChI is InChI=1S/C27H20N2O2/c30-29(31)25-18-10-17-23-24(20-11-4-1-5-12-20)19-27(28-26(23)25,21-13-6-2-7-14-21)22-15-8-3-9-16-22/h1-19,28H. The summed E-state index contributed by atoms with van der Waals surface area (Å²) >= 11 is 0. The summed E-state index contributed by atoms with van der Waals surface area (Å²) in [6.45, 7) is 0. The van der Waals surface area contributed by atoms with Crippen LogP contribution >= 0.6 is 0 Å². The van der Waals surface area contributed by atoms with E-state index in [1.165, 1.54) is 0 Å². The second-order valence-corrected chi connectivity index (χ2v) is 7.55. The number of anilines is 1. The lowest BCUT2D eigenvalue weighted by molar-refractivity contribution is -0.384. The van der Waals surface area contributed by atoms with Crippen molar-refractivity contribution in [3.8, 4) is 0 Å². The fourth-order valence-electron chi connectivity index (χ4n) is 4.31. The second kappa shape index (κ2) is 7.58. The molecule has 1 N–H and O–H groups in total. The minimum absolute atomic E-state index is 0.0651. The van der Waals surface area contributed by atoms with Gasteiger partial charge < -0.3 is 5.32 Å². The SMILES string of the molecule is O=[N+]([O-])c1cccc2c1NC(c1ccccc1)(c1ccccc1)C=C2c1ccccc1. The van der Waals surface area contributed by atoms with Crippen LogP contribution in [-0.4, -0.2) is 4.92 Å². The van der Waals surface area contributed by atoms with Crippen molar-refractivity contribution in [1.29, 1.82) is 0 Å². The predicted molar refractivity (Wildman–Crippen MR) is 124 cm³/mol. The first-order chi connectivity index (χ1) is 15.2. The van der Waals surface area contributed by atoms with Crippen LogP contribution in [0.2, 0.25) is 0 Å². The molecule has 31 heavy (non-hydrogen) atoms. The molecular weight excluding hydrogens is 384 g/mol. The van der Waals surface area contributed by atoms with Crippen molar-refractivity contribution >= 4 is 16.9 Å². The molecule has 0 aromatic heterocycles. The third kappa shape index (κ3) is 3.19. The highest BCUT2D eigenvalue weighted by atomic mass is 16.6. The van der Waals surface area contributed by atoms with Crippen molar-refractivity contribution < 1.29 is 4.92 Å². The summed E-state index contributed by atoms with van der Waals surface area (Å²) in [7, 11) is 0. The zero-order valence-corrected chi connectivity index (χ0v) is 16.7. The summed E-state index contributed by atoms with van der Waals surface area (Å²) in [5.41, 5.74) is 4.66. The molecule has 0 amide bonds. The van der Waals surface area contributed by atoms with Crippen molar-refractivity contribution in [3.05, 3.63) is 148 Å². The highest BCUT2D eigenvalue weighted by Gasteiger charge is 2.39. The summed E-state index contributed by atoms with van der Waals surface area (Å²) in [4.78, 5) is 11.6. The monoisotopic (exact) mass is 404 g/mol. The number of hydrogen-bond donors (Lipinski definition) is 1. The molecule has 1 aliphatic heterocycles. The van der Waals surface area contributed by atoms with Crippen LogP contribution in [0.4, 0.5) is 11.4 Å². The molecule has 0 unspecified atom stereocenters. The maximum atomic E-state index is 11.9. The van der Waals surface area contributed by atoms with Crippen molar-refractivity contribution in [2.75, 3.05) is 5.32 Å². The zero-order chi connectivity index (χ0) is 21.3. The van der Waals surface area contributed by atoms with Crippen molar-refractivity contribution in [2.24, 2.45) is 0 Å². The average molecular weight is 404 g/mol. The summed E-state index contributed by atoms with van der Waals surface area (Å²) < 4.78 is 0. The molecule has 4 aromatic rings. The fourth-order valence-corrected chi connectivity index (χ4v) is 4.31. The molecule has 4 nitrogen and oxygen atoms in total. The number of nitro groups is 1. The first-order valence-corrected chi connectivity index (χ1v) is 10.1. The van der Waals surface area contributed by atoms with Crippen molar-refractivity contribution in [2.45, 2.75) is 5.54 Å². The lowest BCUT2D eigenvalue weighted by Crippen LogP contribution is -2.37. The topological polar surface area (TPSA) is 55.2 Å². The number of nitrogens with zero attached hydrogens (tertiary/aromatic N) is 1. The van der Waals surface area contributed by atoms with Gasteiger partial charge in [-0.1, -0.05) is 103 Å². The Morgan fingerprint density at radius 1 is 0.677 bits per heavy atom. The van der Waals surface area contributed by atoms with E-state index in [2.05, 4.69) is 35.7 Å². The first-order valence-electron chi connectivity index (χ1n) is 10.1. The van der Waals surface area contributed by atoms with Crippen LogP contribution in [0.3, 0.4) is 0 Å². The van der Waals surface area contributed by atoms with Gasteiger partial charge in [-0.3, -0.25) is 10.1 Å². The largest absolute Gasteiger partial charge is 0.362 e. The molecule has 0 spiro atoms. The Kier molecular flexibility index (Phi) is 4.60. The van der Waals surface area contributed by atoms with E-state index in [-0.39, 0.29) is 10.6 Å². The van der Waals surface area contributed by atoms with E-state index in [1.807, 2.05) is 72.8 Å². The predicted octanol–water partition coefficient (Wildman–Crippen LogP) is 6.40. The second-order valence-electron chi connectivity index (χ2n) is 7.55. The molecule has 0 radical (unpaired) electrons. The Bertz CT molecular complexity index is 1230. The van der Waals surface area contributed by atoms with Gasteiger partial charge in [0, 0.05) is 11.6 Å². The highest BCUT2D eigenvalue weighted by molar-refractivity contribution is 5.94. The quantitative estimate of drug-likeness (QED) is 0.316. The van der Waals surface area contributed by atoms with E-state index in [9.17, 15) is 10.1 Å². The molecule has 4 aromatic carbocycles. The van der Waals surface area contributed by atoms with Crippen LogP contribution < -0.4 is 5.32 Å². The lowest BCUT2D eigenvalue weighted by Gasteiger charge is -2.39. The molecule has 1 aliphatic rings. The maximum Gasteiger partial charge on any atom is 0.293 e. The van der Waals surface area contributed by atoms with Crippen molar-refractivity contribution in [1.82, 2.24) is 0 Å². The summed E-state index contributed by atoms with van der Waals surface area (Å²) in [5, 5.41) is 15.5. The van der Waals surface area contributed by atoms with Gasteiger partial charge >= 0.3 is 0 Å². The number of benzene rings is 4. The molecule has 1 heterocycles. The van der Waals surface area contributed by atoms with Gasteiger partial charge in [-0.2, -0.15) is 0 Å². The van der Waals surface area contributed by atoms with Gasteiger partial charge in [0.1, 0.15) is 11.2 Å². The van der Waals surface area contributed by atoms with Crippen LogP contribution in [0, 0.1) is 10.1 Å². The zero-order valence-electron chi connectivity index (χ0n) is 16.7. The normalized spacial score (nSPS) is 14.1. The lowest BCUT2D eigenvalue weighted by atomic mass is 9.76. The molecular formula is C27H20N2O2. The van der Waals surface area contributed by atoms with Gasteiger partial charge in [0.25, 0.3) is 5.69 Å². The van der Waals surface area contributed by atoms with Gasteiger partial charge in [-0.15, -0.1) is 0 Å². The number of fused-ring (bicyclic) bond motifs is 1. The third-order valence-electron chi connectivity index (χ3n) is 5.76. The van der Waals surface area contributed by atoms with Crippen LogP contribution in [-0.2, 0) is 5.54 Å². The van der Waals surface area contributed by atoms with E-state index >= 15 is 0 Å². The smallest absolute Gasteiger partial charge is 0.293 e.